The lowest BCUT2D eigenvalue weighted by Gasteiger charge is -2.31. The molecule has 0 radical (unpaired) electrons. The number of hydrogen-bond donors (Lipinski definition) is 2. The van der Waals surface area contributed by atoms with Gasteiger partial charge in [0.15, 0.2) is 0 Å². The van der Waals surface area contributed by atoms with Crippen LogP contribution in [0.5, 0.6) is 0 Å². The summed E-state index contributed by atoms with van der Waals surface area (Å²) in [6.07, 6.45) is 4.19. The lowest BCUT2D eigenvalue weighted by Crippen LogP contribution is -2.50. The monoisotopic (exact) mass is 320 g/mol. The van der Waals surface area contributed by atoms with Crippen LogP contribution in [0.15, 0.2) is 30.0 Å². The van der Waals surface area contributed by atoms with Crippen LogP contribution in [0.3, 0.4) is 0 Å². The van der Waals surface area contributed by atoms with Crippen molar-refractivity contribution in [3.05, 3.63) is 41.2 Å². The van der Waals surface area contributed by atoms with Crippen LogP contribution in [0.1, 0.15) is 36.3 Å². The van der Waals surface area contributed by atoms with Crippen LogP contribution in [0, 0.1) is 0 Å². The standard InChI is InChI=1S/C17H24N2O4/c1-12(2)4-8-23-16-5-7-22-11-15(16)19-17(21)14-9-13(10-20)3-6-18-14/h3-4,6,9,15-16,20H,5,7-8,10-11H2,1-2H3,(H,19,21)/t15-,16+/m1/s1. The smallest absolute Gasteiger partial charge is 0.270 e. The fourth-order valence-electron chi connectivity index (χ4n) is 2.33. The van der Waals surface area contributed by atoms with Gasteiger partial charge in [-0.15, -0.1) is 0 Å². The van der Waals surface area contributed by atoms with Crippen LogP contribution in [0.25, 0.3) is 0 Å². The minimum atomic E-state index is -0.286. The Hall–Kier alpha value is -1.76. The number of nitrogens with one attached hydrogen (secondary N) is 1. The molecule has 2 atom stereocenters. The van der Waals surface area contributed by atoms with Crippen molar-refractivity contribution in [2.45, 2.75) is 39.0 Å². The number of nitrogens with zero attached hydrogens (tertiary/aromatic N) is 1. The third kappa shape index (κ3) is 5.42. The summed E-state index contributed by atoms with van der Waals surface area (Å²) in [5, 5.41) is 12.1. The summed E-state index contributed by atoms with van der Waals surface area (Å²) in [5.41, 5.74) is 2.13. The summed E-state index contributed by atoms with van der Waals surface area (Å²) in [4.78, 5) is 16.4. The van der Waals surface area contributed by atoms with Crippen molar-refractivity contribution in [1.29, 1.82) is 0 Å². The van der Waals surface area contributed by atoms with Crippen LogP contribution in [0.2, 0.25) is 0 Å². The molecule has 2 N–H and O–H groups in total. The number of amides is 1. The van der Waals surface area contributed by atoms with Crippen molar-refractivity contribution in [3.8, 4) is 0 Å². The molecule has 6 nitrogen and oxygen atoms in total. The van der Waals surface area contributed by atoms with Gasteiger partial charge in [0, 0.05) is 12.8 Å². The molecule has 0 aromatic carbocycles. The van der Waals surface area contributed by atoms with Crippen molar-refractivity contribution in [1.82, 2.24) is 10.3 Å². The molecular formula is C17H24N2O4. The maximum atomic E-state index is 12.3. The Bertz CT molecular complexity index is 555. The summed E-state index contributed by atoms with van der Waals surface area (Å²) >= 11 is 0. The van der Waals surface area contributed by atoms with Gasteiger partial charge in [-0.2, -0.15) is 0 Å². The lowest BCUT2D eigenvalue weighted by molar-refractivity contribution is -0.0457. The van der Waals surface area contributed by atoms with Crippen molar-refractivity contribution in [2.24, 2.45) is 0 Å². The quantitative estimate of drug-likeness (QED) is 0.775. The van der Waals surface area contributed by atoms with E-state index in [4.69, 9.17) is 14.6 Å². The second-order valence-electron chi connectivity index (χ2n) is 5.80. The first-order chi connectivity index (χ1) is 11.1. The molecule has 0 aliphatic carbocycles. The van der Waals surface area contributed by atoms with Gasteiger partial charge >= 0.3 is 0 Å². The number of carbonyl (C=O) groups excluding carboxylic acids is 1. The van der Waals surface area contributed by atoms with Gasteiger partial charge in [-0.3, -0.25) is 9.78 Å². The number of aromatic nitrogens is 1. The van der Waals surface area contributed by atoms with Gasteiger partial charge < -0.3 is 19.9 Å². The molecule has 2 heterocycles. The highest BCUT2D eigenvalue weighted by Crippen LogP contribution is 2.13. The van der Waals surface area contributed by atoms with Gasteiger partial charge in [0.25, 0.3) is 5.91 Å². The normalized spacial score (nSPS) is 20.8. The highest BCUT2D eigenvalue weighted by atomic mass is 16.5. The number of aliphatic hydroxyl groups is 1. The molecule has 6 heteroatoms. The van der Waals surface area contributed by atoms with E-state index in [-0.39, 0.29) is 30.4 Å². The van der Waals surface area contributed by atoms with Gasteiger partial charge in [0.2, 0.25) is 0 Å². The van der Waals surface area contributed by atoms with Crippen molar-refractivity contribution in [2.75, 3.05) is 19.8 Å². The first-order valence-electron chi connectivity index (χ1n) is 7.79. The Kier molecular flexibility index (Phi) is 6.70. The minimum Gasteiger partial charge on any atom is -0.392 e. The van der Waals surface area contributed by atoms with E-state index >= 15 is 0 Å². The fraction of sp³-hybridized carbons (Fsp3) is 0.529. The summed E-state index contributed by atoms with van der Waals surface area (Å²) in [5.74, 6) is -0.286. The number of allylic oxidation sites excluding steroid dienone is 1. The first-order valence-corrected chi connectivity index (χ1v) is 7.79. The number of pyridine rings is 1. The maximum Gasteiger partial charge on any atom is 0.270 e. The van der Waals surface area contributed by atoms with E-state index in [2.05, 4.69) is 10.3 Å². The molecule has 1 saturated heterocycles. The van der Waals surface area contributed by atoms with Gasteiger partial charge in [0.05, 0.1) is 32.0 Å². The topological polar surface area (TPSA) is 80.7 Å². The lowest BCUT2D eigenvalue weighted by atomic mass is 10.1. The SMILES string of the molecule is CC(C)=CCO[C@H]1CCOC[C@H]1NC(=O)c1cc(CO)ccn1. The Morgan fingerprint density at radius 1 is 1.57 bits per heavy atom. The highest BCUT2D eigenvalue weighted by Gasteiger charge is 2.28. The molecular weight excluding hydrogens is 296 g/mol. The van der Waals surface area contributed by atoms with E-state index in [0.717, 1.165) is 6.42 Å². The molecule has 0 spiro atoms. The van der Waals surface area contributed by atoms with Crippen LogP contribution in [-0.4, -0.2) is 48.0 Å². The molecule has 1 aliphatic rings. The number of carbonyl (C=O) groups is 1. The summed E-state index contributed by atoms with van der Waals surface area (Å²) in [6, 6.07) is 3.05. The number of ether oxygens (including phenoxy) is 2. The molecule has 1 aliphatic heterocycles. The summed E-state index contributed by atoms with van der Waals surface area (Å²) in [7, 11) is 0. The van der Waals surface area contributed by atoms with E-state index < -0.39 is 0 Å². The minimum absolute atomic E-state index is 0.0793. The van der Waals surface area contributed by atoms with E-state index in [1.165, 1.54) is 11.8 Å². The van der Waals surface area contributed by atoms with Crippen LogP contribution < -0.4 is 5.32 Å². The molecule has 126 valence electrons. The predicted molar refractivity (Wildman–Crippen MR) is 86.0 cm³/mol. The fourth-order valence-corrected chi connectivity index (χ4v) is 2.33. The summed E-state index contributed by atoms with van der Waals surface area (Å²) in [6.45, 7) is 5.50. The Labute approximate surface area is 136 Å². The number of aliphatic hydroxyl groups excluding tert-OH is 1. The van der Waals surface area contributed by atoms with Gasteiger partial charge in [-0.1, -0.05) is 11.6 Å². The molecule has 1 aromatic rings. The van der Waals surface area contributed by atoms with Crippen LogP contribution in [0.4, 0.5) is 0 Å². The Morgan fingerprint density at radius 2 is 2.39 bits per heavy atom. The molecule has 0 saturated carbocycles. The average molecular weight is 320 g/mol. The van der Waals surface area contributed by atoms with Crippen molar-refractivity contribution >= 4 is 5.91 Å². The second kappa shape index (κ2) is 8.76. The van der Waals surface area contributed by atoms with E-state index in [0.29, 0.717) is 25.4 Å². The van der Waals surface area contributed by atoms with Crippen LogP contribution >= 0.6 is 0 Å². The molecule has 0 unspecified atom stereocenters. The molecule has 1 amide bonds. The van der Waals surface area contributed by atoms with Gasteiger partial charge in [-0.25, -0.2) is 0 Å². The third-order valence-electron chi connectivity index (χ3n) is 3.65. The predicted octanol–water partition coefficient (Wildman–Crippen LogP) is 1.44. The second-order valence-corrected chi connectivity index (χ2v) is 5.80. The molecule has 1 aromatic heterocycles. The first kappa shape index (κ1) is 17.6. The molecule has 23 heavy (non-hydrogen) atoms. The van der Waals surface area contributed by atoms with E-state index in [1.54, 1.807) is 12.1 Å². The van der Waals surface area contributed by atoms with E-state index in [9.17, 15) is 4.79 Å². The Balaban J connectivity index is 1.97. The number of rotatable bonds is 6. The van der Waals surface area contributed by atoms with E-state index in [1.807, 2.05) is 19.9 Å². The van der Waals surface area contributed by atoms with Crippen molar-refractivity contribution < 1.29 is 19.4 Å². The molecule has 0 bridgehead atoms. The Morgan fingerprint density at radius 3 is 3.13 bits per heavy atom. The number of hydrogen-bond acceptors (Lipinski definition) is 5. The highest BCUT2D eigenvalue weighted by molar-refractivity contribution is 5.92. The molecule has 2 rings (SSSR count). The van der Waals surface area contributed by atoms with Gasteiger partial charge in [0.1, 0.15) is 5.69 Å². The molecule has 1 fully saturated rings. The zero-order valence-electron chi connectivity index (χ0n) is 13.6. The van der Waals surface area contributed by atoms with Crippen molar-refractivity contribution in [3.63, 3.8) is 0 Å². The van der Waals surface area contributed by atoms with Crippen LogP contribution in [-0.2, 0) is 16.1 Å². The average Bonchev–Trinajstić information content (AvgIpc) is 2.56. The zero-order chi connectivity index (χ0) is 16.7. The third-order valence-corrected chi connectivity index (χ3v) is 3.65. The summed E-state index contributed by atoms with van der Waals surface area (Å²) < 4.78 is 11.3. The maximum absolute atomic E-state index is 12.3. The zero-order valence-corrected chi connectivity index (χ0v) is 13.6. The van der Waals surface area contributed by atoms with Gasteiger partial charge in [-0.05, 0) is 38.0 Å². The largest absolute Gasteiger partial charge is 0.392 e.